The van der Waals surface area contributed by atoms with Crippen LogP contribution < -0.4 is 0 Å². The predicted molar refractivity (Wildman–Crippen MR) is 74.2 cm³/mol. The van der Waals surface area contributed by atoms with Crippen LogP contribution in [0.4, 0.5) is 4.39 Å². The average molecular weight is 275 g/mol. The van der Waals surface area contributed by atoms with E-state index >= 15 is 0 Å². The molecule has 0 bridgehead atoms. The predicted octanol–water partition coefficient (Wildman–Crippen LogP) is 1.75. The van der Waals surface area contributed by atoms with E-state index in [1.165, 1.54) is 17.8 Å². The summed E-state index contributed by atoms with van der Waals surface area (Å²) in [5.74, 6) is -0.231. The van der Waals surface area contributed by atoms with E-state index in [1.54, 1.807) is 25.4 Å². The van der Waals surface area contributed by atoms with Gasteiger partial charge in [0.1, 0.15) is 5.82 Å². The topological polar surface area (TPSA) is 41.3 Å². The fraction of sp³-hybridized carbons (Fsp3) is 0.400. The quantitative estimate of drug-likeness (QED) is 0.928. The first-order chi connectivity index (χ1) is 9.63. The number of imidazole rings is 1. The van der Waals surface area contributed by atoms with Crippen LogP contribution in [0.2, 0.25) is 0 Å². The van der Waals surface area contributed by atoms with Crippen molar-refractivity contribution < 1.29 is 9.50 Å². The summed E-state index contributed by atoms with van der Waals surface area (Å²) < 4.78 is 15.0. The van der Waals surface area contributed by atoms with Crippen LogP contribution in [0.25, 0.3) is 5.69 Å². The molecule has 0 radical (unpaired) electrons. The first kappa shape index (κ1) is 13.3. The summed E-state index contributed by atoms with van der Waals surface area (Å²) in [6.07, 6.45) is 2.36. The summed E-state index contributed by atoms with van der Waals surface area (Å²) in [6, 6.07) is 6.45. The molecule has 106 valence electrons. The van der Waals surface area contributed by atoms with E-state index in [0.29, 0.717) is 6.54 Å². The lowest BCUT2D eigenvalue weighted by Crippen LogP contribution is -2.36. The molecule has 0 spiro atoms. The molecule has 20 heavy (non-hydrogen) atoms. The van der Waals surface area contributed by atoms with Crippen molar-refractivity contribution in [3.63, 3.8) is 0 Å². The second-order valence-corrected chi connectivity index (χ2v) is 5.32. The Kier molecular flexibility index (Phi) is 3.54. The number of aromatic nitrogens is 2. The zero-order valence-electron chi connectivity index (χ0n) is 11.5. The highest BCUT2D eigenvalue weighted by atomic mass is 19.1. The molecule has 1 aliphatic heterocycles. The van der Waals surface area contributed by atoms with Crippen molar-refractivity contribution in [2.75, 3.05) is 13.1 Å². The molecule has 0 amide bonds. The summed E-state index contributed by atoms with van der Waals surface area (Å²) in [4.78, 5) is 6.66. The molecule has 2 heterocycles. The Labute approximate surface area is 117 Å². The monoisotopic (exact) mass is 275 g/mol. The van der Waals surface area contributed by atoms with E-state index < -0.39 is 0 Å². The number of aliphatic hydroxyl groups excluding tert-OH is 1. The summed E-state index contributed by atoms with van der Waals surface area (Å²) in [5.41, 5.74) is 3.16. The van der Waals surface area contributed by atoms with E-state index in [2.05, 4.69) is 9.88 Å². The van der Waals surface area contributed by atoms with Crippen LogP contribution in [0.3, 0.4) is 0 Å². The number of aliphatic hydroxyl groups is 1. The molecule has 4 nitrogen and oxygen atoms in total. The molecular formula is C15H18FN3O. The van der Waals surface area contributed by atoms with Gasteiger partial charge in [-0.2, -0.15) is 0 Å². The SMILES string of the molecule is C[C@H](O)CN1CCc2c(ncn2-c2ccc(F)cc2)C1. The lowest BCUT2D eigenvalue weighted by molar-refractivity contribution is 0.118. The van der Waals surface area contributed by atoms with Gasteiger partial charge in [0.05, 0.1) is 18.1 Å². The third-order valence-electron chi connectivity index (χ3n) is 3.62. The molecule has 1 atom stereocenters. The maximum atomic E-state index is 13.0. The van der Waals surface area contributed by atoms with E-state index in [4.69, 9.17) is 0 Å². The van der Waals surface area contributed by atoms with E-state index in [0.717, 1.165) is 30.9 Å². The van der Waals surface area contributed by atoms with Gasteiger partial charge in [-0.15, -0.1) is 0 Å². The Morgan fingerprint density at radius 1 is 1.35 bits per heavy atom. The van der Waals surface area contributed by atoms with Gasteiger partial charge in [0, 0.05) is 37.4 Å². The third-order valence-corrected chi connectivity index (χ3v) is 3.62. The van der Waals surface area contributed by atoms with Crippen molar-refractivity contribution in [3.8, 4) is 5.69 Å². The Morgan fingerprint density at radius 3 is 2.80 bits per heavy atom. The van der Waals surface area contributed by atoms with Crippen LogP contribution in [-0.4, -0.2) is 38.8 Å². The number of rotatable bonds is 3. The van der Waals surface area contributed by atoms with Gasteiger partial charge in [0.25, 0.3) is 0 Å². The van der Waals surface area contributed by atoms with E-state index in [-0.39, 0.29) is 11.9 Å². The van der Waals surface area contributed by atoms with Crippen molar-refractivity contribution in [1.82, 2.24) is 14.5 Å². The standard InChI is InChI=1S/C15H18FN3O/c1-11(20)8-18-7-6-15-14(9-18)17-10-19(15)13-4-2-12(16)3-5-13/h2-5,10-11,20H,6-9H2,1H3/t11-/m0/s1. The largest absolute Gasteiger partial charge is 0.392 e. The molecule has 2 aromatic rings. The van der Waals surface area contributed by atoms with Gasteiger partial charge in [-0.05, 0) is 31.2 Å². The van der Waals surface area contributed by atoms with Gasteiger partial charge in [0.2, 0.25) is 0 Å². The van der Waals surface area contributed by atoms with Crippen LogP contribution >= 0.6 is 0 Å². The summed E-state index contributed by atoms with van der Waals surface area (Å²) in [6.45, 7) is 4.13. The summed E-state index contributed by atoms with van der Waals surface area (Å²) in [5, 5.41) is 9.46. The normalized spacial score (nSPS) is 16.9. The van der Waals surface area contributed by atoms with Gasteiger partial charge in [0.15, 0.2) is 0 Å². The van der Waals surface area contributed by atoms with Crippen molar-refractivity contribution in [2.45, 2.75) is 26.0 Å². The molecular weight excluding hydrogens is 257 g/mol. The number of hydrogen-bond acceptors (Lipinski definition) is 3. The highest BCUT2D eigenvalue weighted by Gasteiger charge is 2.22. The van der Waals surface area contributed by atoms with E-state index in [1.807, 2.05) is 4.57 Å². The first-order valence-electron chi connectivity index (χ1n) is 6.85. The minimum Gasteiger partial charge on any atom is -0.392 e. The number of halogens is 1. The van der Waals surface area contributed by atoms with Crippen LogP contribution in [0.5, 0.6) is 0 Å². The highest BCUT2D eigenvalue weighted by molar-refractivity contribution is 5.36. The third kappa shape index (κ3) is 2.59. The number of β-amino-alcohol motifs (C(OH)–C–C–N with tert-alkyl or cyclic N) is 1. The van der Waals surface area contributed by atoms with Gasteiger partial charge >= 0.3 is 0 Å². The zero-order valence-corrected chi connectivity index (χ0v) is 11.5. The fourth-order valence-electron chi connectivity index (χ4n) is 2.72. The van der Waals surface area contributed by atoms with Crippen LogP contribution in [0.15, 0.2) is 30.6 Å². The maximum Gasteiger partial charge on any atom is 0.123 e. The lowest BCUT2D eigenvalue weighted by Gasteiger charge is -2.27. The summed E-state index contributed by atoms with van der Waals surface area (Å²) in [7, 11) is 0. The Bertz CT molecular complexity index is 592. The minimum absolute atomic E-state index is 0.231. The molecule has 0 unspecified atom stereocenters. The van der Waals surface area contributed by atoms with Crippen molar-refractivity contribution >= 4 is 0 Å². The maximum absolute atomic E-state index is 13.0. The highest BCUT2D eigenvalue weighted by Crippen LogP contribution is 2.21. The van der Waals surface area contributed by atoms with E-state index in [9.17, 15) is 9.50 Å². The molecule has 1 aromatic heterocycles. The zero-order chi connectivity index (χ0) is 14.1. The van der Waals surface area contributed by atoms with Crippen LogP contribution in [0.1, 0.15) is 18.3 Å². The molecule has 0 saturated carbocycles. The molecule has 0 saturated heterocycles. The Balaban J connectivity index is 1.84. The molecule has 3 rings (SSSR count). The van der Waals surface area contributed by atoms with Crippen molar-refractivity contribution in [2.24, 2.45) is 0 Å². The molecule has 0 aliphatic carbocycles. The molecule has 0 fully saturated rings. The Hall–Kier alpha value is -1.72. The minimum atomic E-state index is -0.323. The second kappa shape index (κ2) is 5.34. The van der Waals surface area contributed by atoms with Gasteiger partial charge in [-0.3, -0.25) is 4.90 Å². The lowest BCUT2D eigenvalue weighted by atomic mass is 10.1. The van der Waals surface area contributed by atoms with Crippen molar-refractivity contribution in [1.29, 1.82) is 0 Å². The van der Waals surface area contributed by atoms with Crippen LogP contribution in [-0.2, 0) is 13.0 Å². The van der Waals surface area contributed by atoms with Gasteiger partial charge < -0.3 is 9.67 Å². The number of hydrogen-bond donors (Lipinski definition) is 1. The molecule has 1 N–H and O–H groups in total. The van der Waals surface area contributed by atoms with Gasteiger partial charge in [-0.1, -0.05) is 0 Å². The smallest absolute Gasteiger partial charge is 0.123 e. The number of fused-ring (bicyclic) bond motifs is 1. The number of benzene rings is 1. The molecule has 5 heteroatoms. The second-order valence-electron chi connectivity index (χ2n) is 5.32. The van der Waals surface area contributed by atoms with Crippen molar-refractivity contribution in [3.05, 3.63) is 47.8 Å². The fourth-order valence-corrected chi connectivity index (χ4v) is 2.72. The Morgan fingerprint density at radius 2 is 2.10 bits per heavy atom. The van der Waals surface area contributed by atoms with Gasteiger partial charge in [-0.25, -0.2) is 9.37 Å². The summed E-state index contributed by atoms with van der Waals surface area (Å²) >= 11 is 0. The molecule has 1 aliphatic rings. The average Bonchev–Trinajstić information content (AvgIpc) is 2.82. The molecule has 1 aromatic carbocycles. The number of nitrogens with zero attached hydrogens (tertiary/aromatic N) is 3. The van der Waals surface area contributed by atoms with Crippen LogP contribution in [0, 0.1) is 5.82 Å². The first-order valence-corrected chi connectivity index (χ1v) is 6.85.